The van der Waals surface area contributed by atoms with Crippen molar-refractivity contribution in [1.82, 2.24) is 10.2 Å². The summed E-state index contributed by atoms with van der Waals surface area (Å²) in [5.41, 5.74) is 0. The Bertz CT molecular complexity index is 244. The third-order valence-corrected chi connectivity index (χ3v) is 3.84. The van der Waals surface area contributed by atoms with Gasteiger partial charge in [0.05, 0.1) is 6.04 Å². The molecule has 1 heterocycles. The quantitative estimate of drug-likeness (QED) is 0.677. The lowest BCUT2D eigenvalue weighted by Crippen LogP contribution is -2.49. The number of aliphatic hydroxyl groups excluding tert-OH is 1. The largest absolute Gasteiger partial charge is 0.396 e. The number of nitrogens with one attached hydrogen (secondary N) is 1. The van der Waals surface area contributed by atoms with Gasteiger partial charge in [0, 0.05) is 19.7 Å². The van der Waals surface area contributed by atoms with Gasteiger partial charge in [0.15, 0.2) is 0 Å². The molecule has 0 aliphatic carbocycles. The van der Waals surface area contributed by atoms with E-state index in [-0.39, 0.29) is 18.6 Å². The smallest absolute Gasteiger partial charge is 0.237 e. The van der Waals surface area contributed by atoms with Crippen molar-refractivity contribution >= 4 is 5.91 Å². The molecule has 106 valence electrons. The first-order valence-electron chi connectivity index (χ1n) is 7.31. The summed E-state index contributed by atoms with van der Waals surface area (Å²) in [4.78, 5) is 14.2. The first-order chi connectivity index (χ1) is 8.69. The van der Waals surface area contributed by atoms with Crippen LogP contribution in [-0.4, -0.2) is 48.2 Å². The van der Waals surface area contributed by atoms with Crippen LogP contribution in [0.4, 0.5) is 0 Å². The van der Waals surface area contributed by atoms with Gasteiger partial charge in [-0.05, 0) is 45.1 Å². The van der Waals surface area contributed by atoms with Gasteiger partial charge in [-0.1, -0.05) is 13.3 Å². The molecular formula is C14H28N2O2. The first-order valence-corrected chi connectivity index (χ1v) is 7.31. The van der Waals surface area contributed by atoms with Crippen LogP contribution < -0.4 is 5.32 Å². The molecule has 1 amide bonds. The van der Waals surface area contributed by atoms with Crippen molar-refractivity contribution in [3.05, 3.63) is 0 Å². The highest BCUT2D eigenvalue weighted by Crippen LogP contribution is 2.20. The summed E-state index contributed by atoms with van der Waals surface area (Å²) in [7, 11) is 0. The Morgan fingerprint density at radius 3 is 3.00 bits per heavy atom. The number of rotatable bonds is 7. The van der Waals surface area contributed by atoms with E-state index in [9.17, 15) is 4.79 Å². The van der Waals surface area contributed by atoms with Crippen LogP contribution in [0.3, 0.4) is 0 Å². The van der Waals surface area contributed by atoms with Crippen LogP contribution in [0.5, 0.6) is 0 Å². The van der Waals surface area contributed by atoms with E-state index >= 15 is 0 Å². The minimum Gasteiger partial charge on any atom is -0.396 e. The number of carbonyl (C=O) groups is 1. The van der Waals surface area contributed by atoms with E-state index < -0.39 is 0 Å². The number of nitrogens with zero attached hydrogens (tertiary/aromatic N) is 1. The van der Waals surface area contributed by atoms with Crippen molar-refractivity contribution in [3.8, 4) is 0 Å². The lowest BCUT2D eigenvalue weighted by Gasteiger charge is -2.36. The third-order valence-electron chi connectivity index (χ3n) is 3.84. The molecule has 0 saturated carbocycles. The molecule has 1 aliphatic heterocycles. The fraction of sp³-hybridized carbons (Fsp3) is 0.929. The van der Waals surface area contributed by atoms with Crippen molar-refractivity contribution in [2.45, 2.75) is 52.0 Å². The molecule has 2 N–H and O–H groups in total. The van der Waals surface area contributed by atoms with Crippen LogP contribution in [0.1, 0.15) is 46.0 Å². The van der Waals surface area contributed by atoms with Gasteiger partial charge >= 0.3 is 0 Å². The van der Waals surface area contributed by atoms with Gasteiger partial charge in [-0.2, -0.15) is 0 Å². The Kier molecular flexibility index (Phi) is 7.28. The van der Waals surface area contributed by atoms with Crippen molar-refractivity contribution < 1.29 is 9.90 Å². The van der Waals surface area contributed by atoms with Crippen molar-refractivity contribution in [2.75, 3.05) is 26.2 Å². The number of unbranched alkanes of at least 4 members (excludes halogenated alkanes) is 1. The van der Waals surface area contributed by atoms with Crippen LogP contribution in [0.25, 0.3) is 0 Å². The molecule has 1 aliphatic rings. The molecule has 1 rings (SSSR count). The second kappa shape index (κ2) is 8.48. The lowest BCUT2D eigenvalue weighted by atomic mass is 9.94. The number of hydrogen-bond donors (Lipinski definition) is 2. The summed E-state index contributed by atoms with van der Waals surface area (Å²) in [6.07, 6.45) is 5.34. The summed E-state index contributed by atoms with van der Waals surface area (Å²) < 4.78 is 0. The Morgan fingerprint density at radius 2 is 2.33 bits per heavy atom. The number of amides is 1. The van der Waals surface area contributed by atoms with Crippen molar-refractivity contribution in [3.63, 3.8) is 0 Å². The zero-order valence-corrected chi connectivity index (χ0v) is 11.8. The average Bonchev–Trinajstić information content (AvgIpc) is 2.39. The zero-order chi connectivity index (χ0) is 13.4. The molecule has 2 unspecified atom stereocenters. The summed E-state index contributed by atoms with van der Waals surface area (Å²) in [6.45, 7) is 7.11. The second-order valence-electron chi connectivity index (χ2n) is 5.34. The number of likely N-dealkylation sites (tertiary alicyclic amines) is 1. The molecule has 18 heavy (non-hydrogen) atoms. The van der Waals surface area contributed by atoms with Gasteiger partial charge in [0.1, 0.15) is 0 Å². The lowest BCUT2D eigenvalue weighted by molar-refractivity contribution is -0.126. The van der Waals surface area contributed by atoms with Gasteiger partial charge in [0.25, 0.3) is 0 Å². The predicted molar refractivity (Wildman–Crippen MR) is 73.4 cm³/mol. The van der Waals surface area contributed by atoms with E-state index in [2.05, 4.69) is 17.1 Å². The molecule has 0 aromatic rings. The minimum absolute atomic E-state index is 0.0386. The summed E-state index contributed by atoms with van der Waals surface area (Å²) in [5.74, 6) is 0.697. The monoisotopic (exact) mass is 256 g/mol. The van der Waals surface area contributed by atoms with E-state index in [1.54, 1.807) is 0 Å². The predicted octanol–water partition coefficient (Wildman–Crippen LogP) is 1.39. The zero-order valence-electron chi connectivity index (χ0n) is 11.8. The fourth-order valence-electron chi connectivity index (χ4n) is 2.57. The van der Waals surface area contributed by atoms with Crippen LogP contribution in [0.2, 0.25) is 0 Å². The van der Waals surface area contributed by atoms with Gasteiger partial charge in [-0.3, -0.25) is 9.69 Å². The maximum atomic E-state index is 12.0. The van der Waals surface area contributed by atoms with E-state index in [1.807, 2.05) is 6.92 Å². The average molecular weight is 256 g/mol. The fourth-order valence-corrected chi connectivity index (χ4v) is 2.57. The second-order valence-corrected chi connectivity index (χ2v) is 5.34. The van der Waals surface area contributed by atoms with Crippen LogP contribution in [-0.2, 0) is 4.79 Å². The Labute approximate surface area is 111 Å². The molecule has 2 atom stereocenters. The first kappa shape index (κ1) is 15.4. The van der Waals surface area contributed by atoms with E-state index in [0.717, 1.165) is 45.3 Å². The Hall–Kier alpha value is -0.610. The normalized spacial score (nSPS) is 22.7. The third kappa shape index (κ3) is 4.94. The van der Waals surface area contributed by atoms with Gasteiger partial charge in [-0.15, -0.1) is 0 Å². The molecule has 1 fully saturated rings. The summed E-state index contributed by atoms with van der Waals surface area (Å²) >= 11 is 0. The molecule has 0 radical (unpaired) electrons. The molecule has 0 bridgehead atoms. The van der Waals surface area contributed by atoms with Crippen molar-refractivity contribution in [1.29, 1.82) is 0 Å². The molecular weight excluding hydrogens is 228 g/mol. The van der Waals surface area contributed by atoms with E-state index in [1.165, 1.54) is 6.42 Å². The molecule has 0 aromatic heterocycles. The highest BCUT2D eigenvalue weighted by Gasteiger charge is 2.26. The number of hydrogen-bond acceptors (Lipinski definition) is 3. The van der Waals surface area contributed by atoms with Crippen LogP contribution >= 0.6 is 0 Å². The highest BCUT2D eigenvalue weighted by atomic mass is 16.3. The van der Waals surface area contributed by atoms with Gasteiger partial charge < -0.3 is 10.4 Å². The molecule has 1 saturated heterocycles. The maximum absolute atomic E-state index is 12.0. The van der Waals surface area contributed by atoms with Crippen LogP contribution in [0.15, 0.2) is 0 Å². The molecule has 0 aromatic carbocycles. The summed E-state index contributed by atoms with van der Waals surface area (Å²) in [6, 6.07) is -0.0386. The van der Waals surface area contributed by atoms with E-state index in [0.29, 0.717) is 5.92 Å². The Balaban J connectivity index is 2.35. The minimum atomic E-state index is -0.0386. The van der Waals surface area contributed by atoms with E-state index in [4.69, 9.17) is 5.11 Å². The van der Waals surface area contributed by atoms with Crippen molar-refractivity contribution in [2.24, 2.45) is 5.92 Å². The van der Waals surface area contributed by atoms with Gasteiger partial charge in [0.2, 0.25) is 5.91 Å². The molecule has 0 spiro atoms. The molecule has 4 heteroatoms. The number of aliphatic hydroxyl groups is 1. The Morgan fingerprint density at radius 1 is 1.56 bits per heavy atom. The van der Waals surface area contributed by atoms with Gasteiger partial charge in [-0.25, -0.2) is 0 Å². The number of carbonyl (C=O) groups excluding carboxylic acids is 1. The number of piperidine rings is 1. The highest BCUT2D eigenvalue weighted by molar-refractivity contribution is 5.81. The molecule has 4 nitrogen and oxygen atoms in total. The topological polar surface area (TPSA) is 52.6 Å². The maximum Gasteiger partial charge on any atom is 0.237 e. The standard InChI is InChI=1S/C14H28N2O2/c1-3-4-8-15-14(18)12(2)16-9-5-6-13(11-16)7-10-17/h12-13,17H,3-11H2,1-2H3,(H,15,18). The SMILES string of the molecule is CCCCNC(=O)C(C)N1CCCC(CCO)C1. The van der Waals surface area contributed by atoms with Crippen LogP contribution in [0, 0.1) is 5.92 Å². The summed E-state index contributed by atoms with van der Waals surface area (Å²) in [5, 5.41) is 12.0.